The molecule has 20 heavy (non-hydrogen) atoms. The highest BCUT2D eigenvalue weighted by Crippen LogP contribution is 2.28. The summed E-state index contributed by atoms with van der Waals surface area (Å²) >= 11 is 0. The Morgan fingerprint density at radius 2 is 1.80 bits per heavy atom. The van der Waals surface area contributed by atoms with Crippen LogP contribution in [-0.4, -0.2) is 16.5 Å². The Morgan fingerprint density at radius 1 is 1.10 bits per heavy atom. The summed E-state index contributed by atoms with van der Waals surface area (Å²) in [6.07, 6.45) is 4.52. The van der Waals surface area contributed by atoms with E-state index in [1.54, 1.807) is 6.33 Å². The van der Waals surface area contributed by atoms with Crippen molar-refractivity contribution in [3.8, 4) is 11.3 Å². The molecule has 2 aromatic rings. The van der Waals surface area contributed by atoms with Gasteiger partial charge < -0.3 is 5.32 Å². The van der Waals surface area contributed by atoms with Crippen LogP contribution in [0.15, 0.2) is 36.8 Å². The maximum Gasteiger partial charge on any atom is 0.116 e. The Kier molecular flexibility index (Phi) is 4.38. The monoisotopic (exact) mass is 269 g/mol. The molecule has 0 saturated heterocycles. The van der Waals surface area contributed by atoms with Gasteiger partial charge in [-0.25, -0.2) is 9.97 Å². The van der Waals surface area contributed by atoms with Gasteiger partial charge in [-0.2, -0.15) is 0 Å². The molecule has 1 aromatic heterocycles. The summed E-state index contributed by atoms with van der Waals surface area (Å²) < 4.78 is 0. The molecule has 0 radical (unpaired) electrons. The summed E-state index contributed by atoms with van der Waals surface area (Å²) in [4.78, 5) is 8.53. The SMILES string of the molecule is CCCNc1cncnc1-c1ccc(C(C)(C)C)cc1. The molecule has 0 aliphatic carbocycles. The van der Waals surface area contributed by atoms with E-state index in [4.69, 9.17) is 0 Å². The van der Waals surface area contributed by atoms with E-state index >= 15 is 0 Å². The van der Waals surface area contributed by atoms with Crippen LogP contribution in [0.4, 0.5) is 5.69 Å². The fourth-order valence-electron chi connectivity index (χ4n) is 2.08. The fraction of sp³-hybridized carbons (Fsp3) is 0.412. The van der Waals surface area contributed by atoms with Gasteiger partial charge in [0.15, 0.2) is 0 Å². The van der Waals surface area contributed by atoms with Crippen LogP contribution < -0.4 is 5.32 Å². The van der Waals surface area contributed by atoms with Crippen molar-refractivity contribution in [1.82, 2.24) is 9.97 Å². The minimum absolute atomic E-state index is 0.174. The van der Waals surface area contributed by atoms with Crippen LogP contribution in [0.25, 0.3) is 11.3 Å². The summed E-state index contributed by atoms with van der Waals surface area (Å²) in [5, 5.41) is 3.38. The van der Waals surface area contributed by atoms with Crippen molar-refractivity contribution in [2.24, 2.45) is 0 Å². The van der Waals surface area contributed by atoms with Crippen molar-refractivity contribution in [2.75, 3.05) is 11.9 Å². The zero-order valence-electron chi connectivity index (χ0n) is 12.8. The molecule has 3 heteroatoms. The minimum atomic E-state index is 0.174. The number of benzene rings is 1. The molecule has 0 unspecified atom stereocenters. The Morgan fingerprint density at radius 3 is 2.40 bits per heavy atom. The molecule has 0 bridgehead atoms. The third-order valence-corrected chi connectivity index (χ3v) is 3.30. The molecule has 0 aliphatic rings. The number of nitrogens with one attached hydrogen (secondary N) is 1. The van der Waals surface area contributed by atoms with Crippen molar-refractivity contribution in [3.05, 3.63) is 42.4 Å². The molecule has 106 valence electrons. The Bertz CT molecular complexity index is 553. The second kappa shape index (κ2) is 6.04. The predicted molar refractivity (Wildman–Crippen MR) is 84.9 cm³/mol. The molecule has 0 fully saturated rings. The van der Waals surface area contributed by atoms with Crippen molar-refractivity contribution in [3.63, 3.8) is 0 Å². The number of hydrogen-bond acceptors (Lipinski definition) is 3. The van der Waals surface area contributed by atoms with Crippen LogP contribution in [0.1, 0.15) is 39.7 Å². The molecular weight excluding hydrogens is 246 g/mol. The molecule has 0 spiro atoms. The maximum absolute atomic E-state index is 4.42. The lowest BCUT2D eigenvalue weighted by Gasteiger charge is -2.19. The second-order valence-corrected chi connectivity index (χ2v) is 6.04. The number of nitrogens with zero attached hydrogens (tertiary/aromatic N) is 2. The zero-order valence-corrected chi connectivity index (χ0v) is 12.8. The standard InChI is InChI=1S/C17H23N3/c1-5-10-19-15-11-18-12-20-16(15)13-6-8-14(9-7-13)17(2,3)4/h6-9,11-12,19H,5,10H2,1-4H3. The molecule has 1 N–H and O–H groups in total. The molecule has 0 aliphatic heterocycles. The van der Waals surface area contributed by atoms with Crippen LogP contribution in [0.2, 0.25) is 0 Å². The van der Waals surface area contributed by atoms with Gasteiger partial charge in [0.2, 0.25) is 0 Å². The van der Waals surface area contributed by atoms with Crippen LogP contribution in [-0.2, 0) is 5.41 Å². The first-order valence-electron chi connectivity index (χ1n) is 7.17. The first kappa shape index (κ1) is 14.5. The lowest BCUT2D eigenvalue weighted by Crippen LogP contribution is -2.10. The van der Waals surface area contributed by atoms with Gasteiger partial charge in [0.1, 0.15) is 6.33 Å². The largest absolute Gasteiger partial charge is 0.382 e. The lowest BCUT2D eigenvalue weighted by atomic mass is 9.86. The Balaban J connectivity index is 2.32. The Hall–Kier alpha value is -1.90. The second-order valence-electron chi connectivity index (χ2n) is 6.04. The minimum Gasteiger partial charge on any atom is -0.382 e. The number of rotatable bonds is 4. The van der Waals surface area contributed by atoms with E-state index in [-0.39, 0.29) is 5.41 Å². The Labute approximate surface area is 121 Å². The summed E-state index contributed by atoms with van der Waals surface area (Å²) in [6.45, 7) is 9.75. The fourth-order valence-corrected chi connectivity index (χ4v) is 2.08. The van der Waals surface area contributed by atoms with Crippen LogP contribution >= 0.6 is 0 Å². The number of anilines is 1. The average Bonchev–Trinajstić information content (AvgIpc) is 2.45. The highest BCUT2D eigenvalue weighted by molar-refractivity contribution is 5.73. The molecule has 3 nitrogen and oxygen atoms in total. The van der Waals surface area contributed by atoms with Gasteiger partial charge in [0, 0.05) is 12.1 Å². The lowest BCUT2D eigenvalue weighted by molar-refractivity contribution is 0.590. The highest BCUT2D eigenvalue weighted by atomic mass is 14.9. The summed E-state index contributed by atoms with van der Waals surface area (Å²) in [5.41, 5.74) is 4.59. The molecule has 0 atom stereocenters. The van der Waals surface area contributed by atoms with Crippen molar-refractivity contribution < 1.29 is 0 Å². The normalized spacial score (nSPS) is 11.4. The van der Waals surface area contributed by atoms with E-state index < -0.39 is 0 Å². The molecule has 0 saturated carbocycles. The first-order valence-corrected chi connectivity index (χ1v) is 7.17. The first-order chi connectivity index (χ1) is 9.52. The van der Waals surface area contributed by atoms with Gasteiger partial charge in [0.25, 0.3) is 0 Å². The predicted octanol–water partition coefficient (Wildman–Crippen LogP) is 4.26. The topological polar surface area (TPSA) is 37.8 Å². The smallest absolute Gasteiger partial charge is 0.116 e. The van der Waals surface area contributed by atoms with E-state index in [0.717, 1.165) is 29.9 Å². The molecule has 2 rings (SSSR count). The average molecular weight is 269 g/mol. The molecule has 0 amide bonds. The third kappa shape index (κ3) is 3.35. The zero-order chi connectivity index (χ0) is 14.6. The van der Waals surface area contributed by atoms with E-state index in [2.05, 4.69) is 67.2 Å². The van der Waals surface area contributed by atoms with Gasteiger partial charge in [-0.3, -0.25) is 0 Å². The van der Waals surface area contributed by atoms with Crippen LogP contribution in [0.3, 0.4) is 0 Å². The quantitative estimate of drug-likeness (QED) is 0.901. The van der Waals surface area contributed by atoms with Crippen LogP contribution in [0, 0.1) is 0 Å². The van der Waals surface area contributed by atoms with E-state index in [0.29, 0.717) is 0 Å². The number of hydrogen-bond donors (Lipinski definition) is 1. The molecular formula is C17H23N3. The van der Waals surface area contributed by atoms with Gasteiger partial charge in [-0.15, -0.1) is 0 Å². The third-order valence-electron chi connectivity index (χ3n) is 3.30. The molecule has 1 heterocycles. The van der Waals surface area contributed by atoms with Gasteiger partial charge in [-0.05, 0) is 17.4 Å². The summed E-state index contributed by atoms with van der Waals surface area (Å²) in [5.74, 6) is 0. The molecule has 1 aromatic carbocycles. The van der Waals surface area contributed by atoms with E-state index in [9.17, 15) is 0 Å². The van der Waals surface area contributed by atoms with E-state index in [1.165, 1.54) is 5.56 Å². The summed E-state index contributed by atoms with van der Waals surface area (Å²) in [6, 6.07) is 8.64. The summed E-state index contributed by atoms with van der Waals surface area (Å²) in [7, 11) is 0. The maximum atomic E-state index is 4.42. The van der Waals surface area contributed by atoms with Crippen molar-refractivity contribution in [2.45, 2.75) is 39.5 Å². The van der Waals surface area contributed by atoms with Gasteiger partial charge in [0.05, 0.1) is 17.6 Å². The van der Waals surface area contributed by atoms with Crippen LogP contribution in [0.5, 0.6) is 0 Å². The van der Waals surface area contributed by atoms with Crippen molar-refractivity contribution >= 4 is 5.69 Å². The van der Waals surface area contributed by atoms with Gasteiger partial charge in [-0.1, -0.05) is 52.0 Å². The van der Waals surface area contributed by atoms with Gasteiger partial charge >= 0.3 is 0 Å². The van der Waals surface area contributed by atoms with Crippen molar-refractivity contribution in [1.29, 1.82) is 0 Å². The highest BCUT2D eigenvalue weighted by Gasteiger charge is 2.14. The van der Waals surface area contributed by atoms with E-state index in [1.807, 2.05) is 6.20 Å². The number of aromatic nitrogens is 2.